The van der Waals surface area contributed by atoms with Gasteiger partial charge in [-0.25, -0.2) is 8.42 Å². The van der Waals surface area contributed by atoms with Crippen molar-refractivity contribution in [3.05, 3.63) is 29.8 Å². The van der Waals surface area contributed by atoms with Crippen LogP contribution >= 0.6 is 11.8 Å². The highest BCUT2D eigenvalue weighted by molar-refractivity contribution is 7.99. The molecule has 7 nitrogen and oxygen atoms in total. The first-order valence-corrected chi connectivity index (χ1v) is 12.2. The lowest BCUT2D eigenvalue weighted by Crippen LogP contribution is -2.42. The van der Waals surface area contributed by atoms with Gasteiger partial charge in [-0.3, -0.25) is 4.79 Å². The van der Waals surface area contributed by atoms with Crippen LogP contribution in [0.25, 0.3) is 11.5 Å². The molecule has 0 radical (unpaired) electrons. The number of hydrogen-bond acceptors (Lipinski definition) is 7. The highest BCUT2D eigenvalue weighted by Crippen LogP contribution is 2.25. The molecule has 1 aromatic heterocycles. The average molecular weight is 424 g/mol. The number of unbranched alkanes of at least 4 members (excludes halogenated alkanes) is 1. The molecule has 9 heteroatoms. The molecule has 1 saturated heterocycles. The molecule has 0 saturated carbocycles. The lowest BCUT2D eigenvalue weighted by molar-refractivity contribution is -0.130. The van der Waals surface area contributed by atoms with E-state index in [1.807, 2.05) is 38.1 Å². The van der Waals surface area contributed by atoms with Crippen LogP contribution in [0.2, 0.25) is 0 Å². The number of rotatable bonds is 8. The lowest BCUT2D eigenvalue weighted by atomic mass is 10.1. The quantitative estimate of drug-likeness (QED) is 0.603. The van der Waals surface area contributed by atoms with Gasteiger partial charge >= 0.3 is 0 Å². The summed E-state index contributed by atoms with van der Waals surface area (Å²) in [4.78, 5) is 14.5. The molecule has 1 aliphatic rings. The maximum Gasteiger partial charge on any atom is 0.277 e. The number of benzene rings is 1. The predicted octanol–water partition coefficient (Wildman–Crippen LogP) is 2.95. The zero-order valence-corrected chi connectivity index (χ0v) is 17.8. The van der Waals surface area contributed by atoms with E-state index in [9.17, 15) is 13.2 Å². The Balaban J connectivity index is 1.62. The molecule has 0 N–H and O–H groups in total. The molecule has 28 heavy (non-hydrogen) atoms. The second kappa shape index (κ2) is 9.09. The minimum atomic E-state index is -3.04. The Hall–Kier alpha value is -1.87. The Kier molecular flexibility index (Phi) is 6.77. The highest BCUT2D eigenvalue weighted by Gasteiger charge is 2.34. The van der Waals surface area contributed by atoms with Crippen LogP contribution in [0.5, 0.6) is 0 Å². The van der Waals surface area contributed by atoms with E-state index in [4.69, 9.17) is 4.42 Å². The van der Waals surface area contributed by atoms with Crippen molar-refractivity contribution in [2.45, 2.75) is 44.4 Å². The summed E-state index contributed by atoms with van der Waals surface area (Å²) in [6.07, 6.45) is 2.31. The highest BCUT2D eigenvalue weighted by atomic mass is 32.2. The number of carbonyl (C=O) groups is 1. The van der Waals surface area contributed by atoms with Crippen molar-refractivity contribution in [1.82, 2.24) is 15.1 Å². The van der Waals surface area contributed by atoms with Gasteiger partial charge in [0.05, 0.1) is 17.3 Å². The molecule has 1 aliphatic heterocycles. The van der Waals surface area contributed by atoms with Crippen molar-refractivity contribution < 1.29 is 17.6 Å². The molecule has 1 amide bonds. The van der Waals surface area contributed by atoms with E-state index in [2.05, 4.69) is 10.2 Å². The van der Waals surface area contributed by atoms with Gasteiger partial charge in [0.1, 0.15) is 0 Å². The first-order valence-electron chi connectivity index (χ1n) is 9.41. The largest absolute Gasteiger partial charge is 0.411 e. The number of carbonyl (C=O) groups excluding carboxylic acids is 1. The van der Waals surface area contributed by atoms with Gasteiger partial charge in [-0.1, -0.05) is 42.8 Å². The predicted molar refractivity (Wildman–Crippen MR) is 109 cm³/mol. The number of aromatic nitrogens is 2. The van der Waals surface area contributed by atoms with E-state index in [0.29, 0.717) is 24.1 Å². The van der Waals surface area contributed by atoms with E-state index in [-0.39, 0.29) is 29.2 Å². The summed E-state index contributed by atoms with van der Waals surface area (Å²) in [6.45, 7) is 4.63. The fourth-order valence-electron chi connectivity index (χ4n) is 3.15. The molecule has 152 valence electrons. The molecule has 2 heterocycles. The van der Waals surface area contributed by atoms with Crippen molar-refractivity contribution in [2.24, 2.45) is 0 Å². The van der Waals surface area contributed by atoms with Crippen molar-refractivity contribution in [3.63, 3.8) is 0 Å². The van der Waals surface area contributed by atoms with Gasteiger partial charge in [-0.2, -0.15) is 0 Å². The minimum Gasteiger partial charge on any atom is -0.411 e. The standard InChI is InChI=1S/C19H25N3O4S2/c1-3-4-10-22(16-9-11-28(24,25)13-16)17(23)12-27-19-21-20-18(26-19)15-7-5-14(2)6-8-15/h5-8,16H,3-4,9-13H2,1-2H3/t16-/m0/s1. The summed E-state index contributed by atoms with van der Waals surface area (Å²) in [5.41, 5.74) is 1.97. The zero-order valence-electron chi connectivity index (χ0n) is 16.1. The third-order valence-corrected chi connectivity index (χ3v) is 7.30. The van der Waals surface area contributed by atoms with Gasteiger partial charge in [0.25, 0.3) is 5.22 Å². The molecule has 1 aromatic carbocycles. The van der Waals surface area contributed by atoms with Crippen molar-refractivity contribution in [2.75, 3.05) is 23.8 Å². The molecule has 3 rings (SSSR count). The van der Waals surface area contributed by atoms with Gasteiger partial charge in [0, 0.05) is 18.2 Å². The van der Waals surface area contributed by atoms with Gasteiger partial charge < -0.3 is 9.32 Å². The first kappa shape index (κ1) is 20.9. The third-order valence-electron chi connectivity index (χ3n) is 4.75. The van der Waals surface area contributed by atoms with Gasteiger partial charge in [0.2, 0.25) is 11.8 Å². The Labute approximate surface area is 169 Å². The molecule has 2 aromatic rings. The van der Waals surface area contributed by atoms with Crippen LogP contribution in [0.3, 0.4) is 0 Å². The van der Waals surface area contributed by atoms with E-state index in [0.717, 1.165) is 24.0 Å². The van der Waals surface area contributed by atoms with Crippen LogP contribution in [0.4, 0.5) is 0 Å². The van der Waals surface area contributed by atoms with Crippen LogP contribution in [-0.2, 0) is 14.6 Å². The minimum absolute atomic E-state index is 0.0608. The maximum atomic E-state index is 12.8. The molecule has 1 atom stereocenters. The summed E-state index contributed by atoms with van der Waals surface area (Å²) in [6, 6.07) is 7.54. The molecule has 0 spiro atoms. The average Bonchev–Trinajstić information content (AvgIpc) is 3.27. The number of amides is 1. The fourth-order valence-corrected chi connectivity index (χ4v) is 5.53. The molecule has 1 fully saturated rings. The summed E-state index contributed by atoms with van der Waals surface area (Å²) < 4.78 is 29.3. The van der Waals surface area contributed by atoms with Crippen LogP contribution in [-0.4, -0.2) is 59.3 Å². The SMILES string of the molecule is CCCCN(C(=O)CSc1nnc(-c2ccc(C)cc2)o1)[C@H]1CCS(=O)(=O)C1. The molecule has 0 aliphatic carbocycles. The van der Waals surface area contributed by atoms with Gasteiger partial charge in [0.15, 0.2) is 9.84 Å². The van der Waals surface area contributed by atoms with Crippen LogP contribution < -0.4 is 0 Å². The molecule has 0 unspecified atom stereocenters. The second-order valence-corrected chi connectivity index (χ2v) is 10.2. The summed E-state index contributed by atoms with van der Waals surface area (Å²) in [5, 5.41) is 8.38. The number of aryl methyl sites for hydroxylation is 1. The fraction of sp³-hybridized carbons (Fsp3) is 0.526. The normalized spacial score (nSPS) is 18.3. The molecule has 0 bridgehead atoms. The first-order chi connectivity index (χ1) is 13.4. The summed E-state index contributed by atoms with van der Waals surface area (Å²) in [5.74, 6) is 0.695. The number of thioether (sulfide) groups is 1. The van der Waals surface area contributed by atoms with Crippen LogP contribution in [0, 0.1) is 6.92 Å². The van der Waals surface area contributed by atoms with Crippen molar-refractivity contribution in [3.8, 4) is 11.5 Å². The number of nitrogens with zero attached hydrogens (tertiary/aromatic N) is 3. The van der Waals surface area contributed by atoms with E-state index >= 15 is 0 Å². The molecular formula is C19H25N3O4S2. The maximum absolute atomic E-state index is 12.8. The van der Waals surface area contributed by atoms with Crippen molar-refractivity contribution in [1.29, 1.82) is 0 Å². The number of hydrogen-bond donors (Lipinski definition) is 0. The Bertz CT molecular complexity index is 910. The number of sulfone groups is 1. The van der Waals surface area contributed by atoms with Crippen molar-refractivity contribution >= 4 is 27.5 Å². The van der Waals surface area contributed by atoms with Crippen LogP contribution in [0.1, 0.15) is 31.7 Å². The Morgan fingerprint density at radius 2 is 2.04 bits per heavy atom. The topological polar surface area (TPSA) is 93.4 Å². The second-order valence-electron chi connectivity index (χ2n) is 7.03. The third kappa shape index (κ3) is 5.35. The van der Waals surface area contributed by atoms with Gasteiger partial charge in [-0.15, -0.1) is 10.2 Å². The zero-order chi connectivity index (χ0) is 20.1. The lowest BCUT2D eigenvalue weighted by Gasteiger charge is -2.28. The Morgan fingerprint density at radius 1 is 1.29 bits per heavy atom. The van der Waals surface area contributed by atoms with Gasteiger partial charge in [-0.05, 0) is 31.9 Å². The van der Waals surface area contributed by atoms with Crippen LogP contribution in [0.15, 0.2) is 33.9 Å². The van der Waals surface area contributed by atoms with E-state index in [1.54, 1.807) is 4.90 Å². The van der Waals surface area contributed by atoms with E-state index < -0.39 is 9.84 Å². The smallest absolute Gasteiger partial charge is 0.277 e. The summed E-state index contributed by atoms with van der Waals surface area (Å²) in [7, 11) is -3.04. The summed E-state index contributed by atoms with van der Waals surface area (Å²) >= 11 is 1.19. The molecular weight excluding hydrogens is 398 g/mol. The Morgan fingerprint density at radius 3 is 2.68 bits per heavy atom. The monoisotopic (exact) mass is 423 g/mol. The van der Waals surface area contributed by atoms with E-state index in [1.165, 1.54) is 11.8 Å².